The minimum atomic E-state index is -0.146. The third kappa shape index (κ3) is 3.61. The zero-order valence-electron chi connectivity index (χ0n) is 12.6. The maximum Gasteiger partial charge on any atom is 0.269 e. The molecule has 1 aliphatic rings. The fourth-order valence-electron chi connectivity index (χ4n) is 2.88. The van der Waals surface area contributed by atoms with Gasteiger partial charge >= 0.3 is 0 Å². The van der Waals surface area contributed by atoms with Gasteiger partial charge in [0.25, 0.3) is 5.91 Å². The minimum Gasteiger partial charge on any atom is -0.393 e. The highest BCUT2D eigenvalue weighted by atomic mass is 16.3. The number of nitrogens with one attached hydrogen (secondary N) is 1. The number of hydrogen-bond donors (Lipinski definition) is 2. The maximum atomic E-state index is 11.8. The average Bonchev–Trinajstić information content (AvgIpc) is 2.99. The molecule has 1 aromatic heterocycles. The summed E-state index contributed by atoms with van der Waals surface area (Å²) >= 11 is 0. The summed E-state index contributed by atoms with van der Waals surface area (Å²) in [5.74, 6) is 0.378. The van der Waals surface area contributed by atoms with Crippen molar-refractivity contribution >= 4 is 5.91 Å². The van der Waals surface area contributed by atoms with Crippen molar-refractivity contribution < 1.29 is 9.90 Å². The molecule has 1 aromatic rings. The minimum absolute atomic E-state index is 0.00915. The van der Waals surface area contributed by atoms with Gasteiger partial charge in [-0.1, -0.05) is 6.42 Å². The molecule has 1 saturated carbocycles. The lowest BCUT2D eigenvalue weighted by molar-refractivity contribution is 0.0822. The van der Waals surface area contributed by atoms with Gasteiger partial charge in [0.15, 0.2) is 0 Å². The monoisotopic (exact) mass is 279 g/mol. The summed E-state index contributed by atoms with van der Waals surface area (Å²) in [6.45, 7) is 1.67. The molecule has 0 aliphatic heterocycles. The third-order valence-corrected chi connectivity index (χ3v) is 3.99. The number of aliphatic hydroxyl groups excluding tert-OH is 1. The summed E-state index contributed by atoms with van der Waals surface area (Å²) in [7, 11) is 5.55. The molecule has 1 amide bonds. The molecule has 1 heterocycles. The number of H-pyrrole nitrogens is 1. The number of amides is 1. The van der Waals surface area contributed by atoms with Crippen molar-refractivity contribution in [3.05, 3.63) is 23.5 Å². The number of hydrogen-bond acceptors (Lipinski definition) is 3. The molecule has 0 radical (unpaired) electrons. The van der Waals surface area contributed by atoms with Gasteiger partial charge in [0.05, 0.1) is 6.10 Å². The molecule has 1 aliphatic carbocycles. The smallest absolute Gasteiger partial charge is 0.269 e. The van der Waals surface area contributed by atoms with Gasteiger partial charge in [0.1, 0.15) is 5.69 Å². The largest absolute Gasteiger partial charge is 0.393 e. The number of carbonyl (C=O) groups is 1. The molecular weight excluding hydrogens is 254 g/mol. The summed E-state index contributed by atoms with van der Waals surface area (Å²) < 4.78 is 0. The van der Waals surface area contributed by atoms with Crippen LogP contribution >= 0.6 is 0 Å². The highest BCUT2D eigenvalue weighted by molar-refractivity contribution is 5.92. The molecule has 5 heteroatoms. The lowest BCUT2D eigenvalue weighted by Gasteiger charge is -2.22. The maximum absolute atomic E-state index is 11.8. The summed E-state index contributed by atoms with van der Waals surface area (Å²) in [4.78, 5) is 18.7. The van der Waals surface area contributed by atoms with Crippen LogP contribution in [0.3, 0.4) is 0 Å². The van der Waals surface area contributed by atoms with E-state index < -0.39 is 0 Å². The zero-order valence-corrected chi connectivity index (χ0v) is 12.6. The Balaban J connectivity index is 1.88. The Bertz CT molecular complexity index is 456. The van der Waals surface area contributed by atoms with Crippen LogP contribution in [-0.4, -0.2) is 59.6 Å². The molecule has 2 unspecified atom stereocenters. The molecule has 1 fully saturated rings. The van der Waals surface area contributed by atoms with Crippen molar-refractivity contribution in [1.82, 2.24) is 14.8 Å². The van der Waals surface area contributed by atoms with Gasteiger partial charge in [0, 0.05) is 32.9 Å². The van der Waals surface area contributed by atoms with E-state index in [1.54, 1.807) is 19.0 Å². The molecule has 20 heavy (non-hydrogen) atoms. The van der Waals surface area contributed by atoms with Crippen LogP contribution in [0.15, 0.2) is 12.1 Å². The summed E-state index contributed by atoms with van der Waals surface area (Å²) in [6, 6.07) is 3.79. The first kappa shape index (κ1) is 15.1. The molecule has 112 valence electrons. The molecule has 0 spiro atoms. The number of rotatable bonds is 5. The Morgan fingerprint density at radius 1 is 1.35 bits per heavy atom. The Kier molecular flexibility index (Phi) is 4.83. The van der Waals surface area contributed by atoms with Gasteiger partial charge in [-0.15, -0.1) is 0 Å². The number of aromatic amines is 1. The summed E-state index contributed by atoms with van der Waals surface area (Å²) in [5.41, 5.74) is 1.66. The van der Waals surface area contributed by atoms with Gasteiger partial charge < -0.3 is 19.9 Å². The molecule has 2 atom stereocenters. The van der Waals surface area contributed by atoms with Gasteiger partial charge in [-0.25, -0.2) is 0 Å². The van der Waals surface area contributed by atoms with Crippen molar-refractivity contribution in [2.24, 2.45) is 5.92 Å². The Morgan fingerprint density at radius 3 is 2.70 bits per heavy atom. The topological polar surface area (TPSA) is 59.6 Å². The van der Waals surface area contributed by atoms with E-state index in [1.165, 1.54) is 0 Å². The van der Waals surface area contributed by atoms with Crippen molar-refractivity contribution in [1.29, 1.82) is 0 Å². The molecule has 0 aromatic carbocycles. The highest BCUT2D eigenvalue weighted by Gasteiger charge is 2.26. The fraction of sp³-hybridized carbons (Fsp3) is 0.667. The van der Waals surface area contributed by atoms with Gasteiger partial charge in [-0.2, -0.15) is 0 Å². The number of carbonyl (C=O) groups excluding carboxylic acids is 1. The van der Waals surface area contributed by atoms with Crippen molar-refractivity contribution in [3.63, 3.8) is 0 Å². The molecule has 2 N–H and O–H groups in total. The molecule has 2 rings (SSSR count). The van der Waals surface area contributed by atoms with Crippen molar-refractivity contribution in [2.75, 3.05) is 27.7 Å². The van der Waals surface area contributed by atoms with Crippen LogP contribution in [0.4, 0.5) is 0 Å². The first-order chi connectivity index (χ1) is 9.47. The zero-order chi connectivity index (χ0) is 14.7. The van der Waals surface area contributed by atoms with E-state index in [4.69, 9.17) is 0 Å². The fourth-order valence-corrected chi connectivity index (χ4v) is 2.88. The average molecular weight is 279 g/mol. The lowest BCUT2D eigenvalue weighted by Crippen LogP contribution is -2.29. The van der Waals surface area contributed by atoms with Gasteiger partial charge in [0.2, 0.25) is 0 Å². The van der Waals surface area contributed by atoms with E-state index in [1.807, 2.05) is 12.1 Å². The molecule has 5 nitrogen and oxygen atoms in total. The van der Waals surface area contributed by atoms with Crippen molar-refractivity contribution in [2.45, 2.75) is 31.9 Å². The normalized spacial score (nSPS) is 22.4. The predicted molar refractivity (Wildman–Crippen MR) is 78.5 cm³/mol. The van der Waals surface area contributed by atoms with Gasteiger partial charge in [-0.3, -0.25) is 4.79 Å². The first-order valence-corrected chi connectivity index (χ1v) is 7.23. The lowest BCUT2D eigenvalue weighted by atomic mass is 10.1. The van der Waals surface area contributed by atoms with Crippen LogP contribution in [-0.2, 0) is 6.54 Å². The van der Waals surface area contributed by atoms with E-state index in [2.05, 4.69) is 16.9 Å². The Hall–Kier alpha value is -1.33. The molecule has 0 bridgehead atoms. The first-order valence-electron chi connectivity index (χ1n) is 7.23. The second kappa shape index (κ2) is 6.41. The Labute approximate surface area is 120 Å². The third-order valence-electron chi connectivity index (χ3n) is 3.99. The SMILES string of the molecule is CN(Cc1ccc(C(=O)N(C)C)[nH]1)CC1CCCC1O. The van der Waals surface area contributed by atoms with Crippen LogP contribution in [0.25, 0.3) is 0 Å². The van der Waals surface area contributed by atoms with E-state index in [-0.39, 0.29) is 12.0 Å². The van der Waals surface area contributed by atoms with Crippen LogP contribution in [0.1, 0.15) is 35.4 Å². The molecule has 0 saturated heterocycles. The van der Waals surface area contributed by atoms with E-state index in [0.29, 0.717) is 11.6 Å². The van der Waals surface area contributed by atoms with E-state index in [0.717, 1.165) is 38.0 Å². The number of nitrogens with zero attached hydrogens (tertiary/aromatic N) is 2. The van der Waals surface area contributed by atoms with E-state index >= 15 is 0 Å². The number of aromatic nitrogens is 1. The van der Waals surface area contributed by atoms with Crippen LogP contribution in [0, 0.1) is 5.92 Å². The Morgan fingerprint density at radius 2 is 2.10 bits per heavy atom. The second-order valence-electron chi connectivity index (χ2n) is 6.05. The predicted octanol–water partition coefficient (Wildman–Crippen LogP) is 1.31. The van der Waals surface area contributed by atoms with Crippen LogP contribution in [0.2, 0.25) is 0 Å². The number of aliphatic hydroxyl groups is 1. The summed E-state index contributed by atoms with van der Waals surface area (Å²) in [6.07, 6.45) is 3.03. The second-order valence-corrected chi connectivity index (χ2v) is 6.05. The highest BCUT2D eigenvalue weighted by Crippen LogP contribution is 2.26. The quantitative estimate of drug-likeness (QED) is 0.854. The summed E-state index contributed by atoms with van der Waals surface area (Å²) in [5, 5.41) is 9.86. The van der Waals surface area contributed by atoms with Crippen molar-refractivity contribution in [3.8, 4) is 0 Å². The van der Waals surface area contributed by atoms with Crippen LogP contribution < -0.4 is 0 Å². The van der Waals surface area contributed by atoms with Crippen LogP contribution in [0.5, 0.6) is 0 Å². The van der Waals surface area contributed by atoms with E-state index in [9.17, 15) is 9.90 Å². The molecular formula is C15H25N3O2. The standard InChI is InChI=1S/C15H25N3O2/c1-17(2)15(20)13-8-7-12(16-13)10-18(3)9-11-5-4-6-14(11)19/h7-8,11,14,16,19H,4-6,9-10H2,1-3H3. The van der Waals surface area contributed by atoms with Gasteiger partial charge in [-0.05, 0) is 37.9 Å².